The minimum absolute atomic E-state index is 0.0690. The minimum atomic E-state index is -0.524. The van der Waals surface area contributed by atoms with Gasteiger partial charge in [0.2, 0.25) is 0 Å². The van der Waals surface area contributed by atoms with Gasteiger partial charge in [-0.25, -0.2) is 0 Å². The monoisotopic (exact) mass is 333 g/mol. The Labute approximate surface area is 148 Å². The van der Waals surface area contributed by atoms with Gasteiger partial charge in [-0.3, -0.25) is 4.79 Å². The summed E-state index contributed by atoms with van der Waals surface area (Å²) in [6.07, 6.45) is 0.378. The van der Waals surface area contributed by atoms with Crippen molar-refractivity contribution < 1.29 is 9.53 Å². The van der Waals surface area contributed by atoms with Gasteiger partial charge in [0.25, 0.3) is 5.91 Å². The van der Waals surface area contributed by atoms with Crippen molar-refractivity contribution >= 4 is 5.91 Å². The number of ether oxygens (including phenoxy) is 1. The first-order chi connectivity index (χ1) is 10.8. The smallest absolute Gasteiger partial charge is 0.261 e. The molecule has 1 rings (SSSR count). The molecule has 0 aliphatic carbocycles. The van der Waals surface area contributed by atoms with Crippen LogP contribution in [0, 0.1) is 12.3 Å². The number of hydrogen-bond acceptors (Lipinski definition) is 2. The summed E-state index contributed by atoms with van der Waals surface area (Å²) in [5.41, 5.74) is 2.16. The fraction of sp³-hybridized carbons (Fsp3) is 0.667. The van der Waals surface area contributed by atoms with E-state index in [4.69, 9.17) is 4.74 Å². The van der Waals surface area contributed by atoms with Crippen LogP contribution in [0.3, 0.4) is 0 Å². The average molecular weight is 334 g/mol. The van der Waals surface area contributed by atoms with Crippen molar-refractivity contribution in [2.45, 2.75) is 86.3 Å². The van der Waals surface area contributed by atoms with Crippen molar-refractivity contribution in [2.75, 3.05) is 0 Å². The lowest BCUT2D eigenvalue weighted by Gasteiger charge is -2.34. The first kappa shape index (κ1) is 20.5. The van der Waals surface area contributed by atoms with Crippen LogP contribution in [0.25, 0.3) is 0 Å². The van der Waals surface area contributed by atoms with E-state index >= 15 is 0 Å². The van der Waals surface area contributed by atoms with Crippen LogP contribution in [0.15, 0.2) is 18.2 Å². The molecule has 1 aromatic rings. The summed E-state index contributed by atoms with van der Waals surface area (Å²) >= 11 is 0. The van der Waals surface area contributed by atoms with Gasteiger partial charge in [0.15, 0.2) is 6.10 Å². The Morgan fingerprint density at radius 1 is 1.12 bits per heavy atom. The molecule has 1 unspecified atom stereocenters. The fourth-order valence-electron chi connectivity index (χ4n) is 3.27. The van der Waals surface area contributed by atoms with Gasteiger partial charge in [-0.15, -0.1) is 0 Å². The van der Waals surface area contributed by atoms with Gasteiger partial charge in [-0.2, -0.15) is 0 Å². The van der Waals surface area contributed by atoms with Crippen LogP contribution >= 0.6 is 0 Å². The van der Waals surface area contributed by atoms with Crippen LogP contribution in [0.1, 0.15) is 78.9 Å². The zero-order valence-electron chi connectivity index (χ0n) is 16.9. The molecule has 0 aromatic heterocycles. The summed E-state index contributed by atoms with van der Waals surface area (Å²) in [5, 5.41) is 3.13. The van der Waals surface area contributed by atoms with Gasteiger partial charge in [-0.1, -0.05) is 46.8 Å². The summed E-state index contributed by atoms with van der Waals surface area (Å²) in [6.45, 7) is 18.8. The van der Waals surface area contributed by atoms with Crippen LogP contribution in [-0.2, 0) is 4.79 Å². The number of hydrogen-bond donors (Lipinski definition) is 1. The molecule has 0 fully saturated rings. The first-order valence-corrected chi connectivity index (χ1v) is 8.90. The summed E-state index contributed by atoms with van der Waals surface area (Å²) < 4.78 is 6.01. The zero-order chi connectivity index (χ0) is 18.7. The number of amides is 1. The predicted octanol–water partition coefficient (Wildman–Crippen LogP) is 5.22. The lowest BCUT2D eigenvalue weighted by molar-refractivity contribution is -0.129. The molecule has 3 heteroatoms. The molecule has 0 saturated carbocycles. The van der Waals surface area contributed by atoms with Crippen molar-refractivity contribution in [2.24, 2.45) is 5.41 Å². The second kappa shape index (κ2) is 7.58. The molecular formula is C21H35NO2. The number of carbonyl (C=O) groups excluding carboxylic acids is 1. The molecule has 0 radical (unpaired) electrons. The number of carbonyl (C=O) groups is 1. The molecule has 0 saturated heterocycles. The Bertz CT molecular complexity index is 568. The highest BCUT2D eigenvalue weighted by Crippen LogP contribution is 2.29. The van der Waals surface area contributed by atoms with E-state index in [9.17, 15) is 4.79 Å². The summed E-state index contributed by atoms with van der Waals surface area (Å²) in [4.78, 5) is 12.6. The maximum Gasteiger partial charge on any atom is 0.261 e. The van der Waals surface area contributed by atoms with Gasteiger partial charge in [0.05, 0.1) is 0 Å². The standard InChI is InChI=1S/C21H35NO2/c1-14(2)17-11-10-15(3)12-18(17)24-16(4)19(23)22-21(8,9)13-20(5,6)7/h10-12,14,16H,13H2,1-9H3,(H,22,23). The van der Waals surface area contributed by atoms with Gasteiger partial charge < -0.3 is 10.1 Å². The Morgan fingerprint density at radius 2 is 1.71 bits per heavy atom. The molecule has 0 aliphatic rings. The maximum atomic E-state index is 12.6. The molecule has 24 heavy (non-hydrogen) atoms. The van der Waals surface area contributed by atoms with Crippen LogP contribution in [0.2, 0.25) is 0 Å². The van der Waals surface area contributed by atoms with E-state index in [1.807, 2.05) is 19.9 Å². The quantitative estimate of drug-likeness (QED) is 0.775. The minimum Gasteiger partial charge on any atom is -0.481 e. The summed E-state index contributed by atoms with van der Waals surface area (Å²) in [7, 11) is 0. The molecule has 1 aromatic carbocycles. The molecule has 0 heterocycles. The third kappa shape index (κ3) is 6.54. The Balaban J connectivity index is 2.83. The van der Waals surface area contributed by atoms with E-state index in [2.05, 4.69) is 65.9 Å². The molecular weight excluding hydrogens is 298 g/mol. The molecule has 136 valence electrons. The van der Waals surface area contributed by atoms with Gasteiger partial charge in [0.1, 0.15) is 5.75 Å². The van der Waals surface area contributed by atoms with Gasteiger partial charge in [0, 0.05) is 5.54 Å². The molecule has 1 atom stereocenters. The van der Waals surface area contributed by atoms with Gasteiger partial charge in [-0.05, 0) is 62.6 Å². The lowest BCUT2D eigenvalue weighted by atomic mass is 9.81. The first-order valence-electron chi connectivity index (χ1n) is 8.90. The summed E-state index contributed by atoms with van der Waals surface area (Å²) in [5.74, 6) is 1.09. The predicted molar refractivity (Wildman–Crippen MR) is 102 cm³/mol. The van der Waals surface area contributed by atoms with Gasteiger partial charge >= 0.3 is 0 Å². The highest BCUT2D eigenvalue weighted by molar-refractivity contribution is 5.81. The second-order valence-electron chi connectivity index (χ2n) is 9.07. The SMILES string of the molecule is Cc1ccc(C(C)C)c(OC(C)C(=O)NC(C)(C)CC(C)(C)C)c1. The van der Waals surface area contributed by atoms with E-state index in [1.54, 1.807) is 0 Å². The van der Waals surface area contributed by atoms with Crippen molar-refractivity contribution in [1.29, 1.82) is 0 Å². The van der Waals surface area contributed by atoms with Crippen molar-refractivity contribution in [3.05, 3.63) is 29.3 Å². The second-order valence-corrected chi connectivity index (χ2v) is 9.07. The molecule has 0 aliphatic heterocycles. The van der Waals surface area contributed by atoms with E-state index in [-0.39, 0.29) is 16.9 Å². The molecule has 0 bridgehead atoms. The number of rotatable bonds is 6. The third-order valence-electron chi connectivity index (χ3n) is 3.90. The topological polar surface area (TPSA) is 38.3 Å². The van der Waals surface area contributed by atoms with Crippen LogP contribution < -0.4 is 10.1 Å². The zero-order valence-corrected chi connectivity index (χ0v) is 16.9. The maximum absolute atomic E-state index is 12.6. The molecule has 1 amide bonds. The highest BCUT2D eigenvalue weighted by Gasteiger charge is 2.29. The number of benzene rings is 1. The van der Waals surface area contributed by atoms with E-state index in [0.717, 1.165) is 23.3 Å². The van der Waals surface area contributed by atoms with E-state index < -0.39 is 6.10 Å². The Kier molecular flexibility index (Phi) is 6.49. The third-order valence-corrected chi connectivity index (χ3v) is 3.90. The highest BCUT2D eigenvalue weighted by atomic mass is 16.5. The Morgan fingerprint density at radius 3 is 2.21 bits per heavy atom. The average Bonchev–Trinajstić information content (AvgIpc) is 2.34. The van der Waals surface area contributed by atoms with Crippen LogP contribution in [-0.4, -0.2) is 17.6 Å². The van der Waals surface area contributed by atoms with Crippen LogP contribution in [0.5, 0.6) is 5.75 Å². The normalized spacial score (nSPS) is 13.8. The van der Waals surface area contributed by atoms with Crippen molar-refractivity contribution in [1.82, 2.24) is 5.32 Å². The fourth-order valence-corrected chi connectivity index (χ4v) is 3.27. The van der Waals surface area contributed by atoms with E-state index in [0.29, 0.717) is 5.92 Å². The molecule has 0 spiro atoms. The van der Waals surface area contributed by atoms with E-state index in [1.165, 1.54) is 0 Å². The van der Waals surface area contributed by atoms with Crippen LogP contribution in [0.4, 0.5) is 0 Å². The largest absolute Gasteiger partial charge is 0.481 e. The molecule has 1 N–H and O–H groups in total. The lowest BCUT2D eigenvalue weighted by Crippen LogP contribution is -2.50. The van der Waals surface area contributed by atoms with Crippen molar-refractivity contribution in [3.8, 4) is 5.75 Å². The summed E-state index contributed by atoms with van der Waals surface area (Å²) in [6, 6.07) is 6.18. The van der Waals surface area contributed by atoms with Crippen molar-refractivity contribution in [3.63, 3.8) is 0 Å². The Hall–Kier alpha value is -1.51. The number of aryl methyl sites for hydroxylation is 1. The number of nitrogens with one attached hydrogen (secondary N) is 1. The molecule has 3 nitrogen and oxygen atoms in total.